The first-order chi connectivity index (χ1) is 15.2. The van der Waals surface area contributed by atoms with Gasteiger partial charge in [0.2, 0.25) is 0 Å². The van der Waals surface area contributed by atoms with Crippen molar-refractivity contribution in [2.75, 3.05) is 26.7 Å². The van der Waals surface area contributed by atoms with Gasteiger partial charge in [-0.25, -0.2) is 0 Å². The van der Waals surface area contributed by atoms with Gasteiger partial charge < -0.3 is 15.1 Å². The number of likely N-dealkylation sites (tertiary alicyclic amines) is 1. The Labute approximate surface area is 182 Å². The maximum atomic E-state index is 13.3. The number of amides is 1. The Balaban J connectivity index is 1.41. The van der Waals surface area contributed by atoms with Gasteiger partial charge in [0.15, 0.2) is 0 Å². The molecule has 1 N–H and O–H groups in total. The summed E-state index contributed by atoms with van der Waals surface area (Å²) in [4.78, 5) is 20.1. The molecule has 0 bridgehead atoms. The van der Waals surface area contributed by atoms with E-state index in [1.165, 1.54) is 7.11 Å². The lowest BCUT2D eigenvalue weighted by molar-refractivity contribution is 0.0739. The predicted octanol–water partition coefficient (Wildman–Crippen LogP) is 3.06. The van der Waals surface area contributed by atoms with Crippen molar-refractivity contribution >= 4 is 11.6 Å². The number of hydrogen-bond donors (Lipinski definition) is 1. The summed E-state index contributed by atoms with van der Waals surface area (Å²) in [6.07, 6.45) is 4.42. The van der Waals surface area contributed by atoms with E-state index in [0.29, 0.717) is 25.1 Å². The molecule has 1 aliphatic heterocycles. The van der Waals surface area contributed by atoms with Crippen LogP contribution in [0.4, 0.5) is 0 Å². The second-order valence-electron chi connectivity index (χ2n) is 7.55. The Bertz CT molecular complexity index is 1000. The zero-order valence-electron chi connectivity index (χ0n) is 17.6. The number of carbonyl (C=O) groups is 1. The van der Waals surface area contributed by atoms with Gasteiger partial charge in [-0.2, -0.15) is 5.10 Å². The van der Waals surface area contributed by atoms with Crippen LogP contribution in [-0.4, -0.2) is 59.1 Å². The van der Waals surface area contributed by atoms with E-state index in [9.17, 15) is 4.79 Å². The van der Waals surface area contributed by atoms with Crippen molar-refractivity contribution < 1.29 is 9.63 Å². The lowest BCUT2D eigenvalue weighted by Gasteiger charge is -2.24. The minimum atomic E-state index is 0.0137. The van der Waals surface area contributed by atoms with Crippen LogP contribution >= 0.6 is 0 Å². The fourth-order valence-corrected chi connectivity index (χ4v) is 3.88. The fraction of sp³-hybridized carbons (Fsp3) is 0.292. The van der Waals surface area contributed by atoms with E-state index in [1.54, 1.807) is 6.20 Å². The van der Waals surface area contributed by atoms with Gasteiger partial charge in [0.1, 0.15) is 7.11 Å². The minimum Gasteiger partial charge on any atom is -0.399 e. The number of hydrogen-bond acceptors (Lipinski definition) is 5. The van der Waals surface area contributed by atoms with Gasteiger partial charge in [-0.3, -0.25) is 9.48 Å². The summed E-state index contributed by atoms with van der Waals surface area (Å²) < 4.78 is 1.89. The van der Waals surface area contributed by atoms with Crippen molar-refractivity contribution in [2.45, 2.75) is 19.0 Å². The molecule has 1 amide bonds. The standard InChI is InChI=1S/C24H27N5O2/c1-31-27-22-16-23(17-25-13-15-28-14-5-12-26-28)29(18-22)24(30)21-10-8-20(9-11-21)19-6-3-2-4-7-19/h2-12,14,23,25H,13,15-18H2,1H3/b27-22+/t23-/m0/s1. The number of aromatic nitrogens is 2. The van der Waals surface area contributed by atoms with E-state index in [-0.39, 0.29) is 11.9 Å². The number of rotatable bonds is 8. The fourth-order valence-electron chi connectivity index (χ4n) is 3.88. The second-order valence-corrected chi connectivity index (χ2v) is 7.55. The van der Waals surface area contributed by atoms with Crippen LogP contribution in [0.25, 0.3) is 11.1 Å². The average molecular weight is 418 g/mol. The molecule has 0 unspecified atom stereocenters. The Morgan fingerprint density at radius 1 is 1.13 bits per heavy atom. The maximum absolute atomic E-state index is 13.3. The van der Waals surface area contributed by atoms with Gasteiger partial charge >= 0.3 is 0 Å². The summed E-state index contributed by atoms with van der Waals surface area (Å²) in [7, 11) is 1.54. The minimum absolute atomic E-state index is 0.0137. The molecule has 0 radical (unpaired) electrons. The molecule has 1 saturated heterocycles. The van der Waals surface area contributed by atoms with Gasteiger partial charge in [0.25, 0.3) is 5.91 Å². The quantitative estimate of drug-likeness (QED) is 0.452. The first-order valence-electron chi connectivity index (χ1n) is 10.5. The van der Waals surface area contributed by atoms with Gasteiger partial charge in [-0.05, 0) is 29.3 Å². The van der Waals surface area contributed by atoms with E-state index in [4.69, 9.17) is 4.84 Å². The second kappa shape index (κ2) is 10.0. The van der Waals surface area contributed by atoms with Gasteiger partial charge in [0, 0.05) is 37.5 Å². The number of nitrogens with zero attached hydrogens (tertiary/aromatic N) is 4. The molecule has 1 atom stereocenters. The van der Waals surface area contributed by atoms with Crippen molar-refractivity contribution in [3.8, 4) is 11.1 Å². The highest BCUT2D eigenvalue weighted by molar-refractivity contribution is 6.00. The van der Waals surface area contributed by atoms with Crippen molar-refractivity contribution in [1.29, 1.82) is 0 Å². The highest BCUT2D eigenvalue weighted by atomic mass is 16.6. The number of carbonyl (C=O) groups excluding carboxylic acids is 1. The third-order valence-corrected chi connectivity index (χ3v) is 5.44. The zero-order valence-corrected chi connectivity index (χ0v) is 17.6. The lowest BCUT2D eigenvalue weighted by Crippen LogP contribution is -2.42. The van der Waals surface area contributed by atoms with Crippen LogP contribution in [0.3, 0.4) is 0 Å². The molecule has 0 spiro atoms. The van der Waals surface area contributed by atoms with Crippen LogP contribution in [0.15, 0.2) is 78.2 Å². The molecule has 0 aliphatic carbocycles. The molecule has 7 heteroatoms. The number of benzene rings is 2. The molecular weight excluding hydrogens is 390 g/mol. The van der Waals surface area contributed by atoms with Crippen LogP contribution in [0.1, 0.15) is 16.8 Å². The molecule has 1 fully saturated rings. The van der Waals surface area contributed by atoms with Gasteiger partial charge in [-0.1, -0.05) is 47.6 Å². The van der Waals surface area contributed by atoms with E-state index in [0.717, 1.165) is 29.9 Å². The average Bonchev–Trinajstić information content (AvgIpc) is 3.47. The van der Waals surface area contributed by atoms with Crippen LogP contribution in [0, 0.1) is 0 Å². The van der Waals surface area contributed by atoms with Crippen LogP contribution in [0.5, 0.6) is 0 Å². The molecule has 2 heterocycles. The molecule has 31 heavy (non-hydrogen) atoms. The Morgan fingerprint density at radius 3 is 2.61 bits per heavy atom. The molecule has 1 aliphatic rings. The van der Waals surface area contributed by atoms with Gasteiger partial charge in [-0.15, -0.1) is 0 Å². The number of oxime groups is 1. The normalized spacial score (nSPS) is 17.3. The molecule has 4 rings (SSSR count). The first kappa shape index (κ1) is 20.8. The first-order valence-corrected chi connectivity index (χ1v) is 10.5. The van der Waals surface area contributed by atoms with E-state index >= 15 is 0 Å². The van der Waals surface area contributed by atoms with Crippen molar-refractivity contribution in [2.24, 2.45) is 5.16 Å². The summed E-state index contributed by atoms with van der Waals surface area (Å²) in [5.74, 6) is 0.0137. The summed E-state index contributed by atoms with van der Waals surface area (Å²) in [6.45, 7) is 2.74. The Hall–Kier alpha value is -3.45. The molecule has 2 aromatic carbocycles. The SMILES string of the molecule is CO/N=C1\C[C@@H](CNCCn2cccn2)N(C(=O)c2ccc(-c3ccccc3)cc2)C1. The molecule has 160 valence electrons. The van der Waals surface area contributed by atoms with E-state index in [2.05, 4.69) is 27.7 Å². The van der Waals surface area contributed by atoms with Crippen LogP contribution < -0.4 is 5.32 Å². The highest BCUT2D eigenvalue weighted by Crippen LogP contribution is 2.22. The van der Waals surface area contributed by atoms with Crippen molar-refractivity contribution in [1.82, 2.24) is 20.0 Å². The third-order valence-electron chi connectivity index (χ3n) is 5.44. The van der Waals surface area contributed by atoms with Crippen LogP contribution in [0.2, 0.25) is 0 Å². The molecule has 0 saturated carbocycles. The van der Waals surface area contributed by atoms with Crippen molar-refractivity contribution in [3.05, 3.63) is 78.6 Å². The summed E-state index contributed by atoms with van der Waals surface area (Å²) >= 11 is 0. The largest absolute Gasteiger partial charge is 0.399 e. The summed E-state index contributed by atoms with van der Waals surface area (Å²) in [5, 5.41) is 11.8. The van der Waals surface area contributed by atoms with E-state index < -0.39 is 0 Å². The zero-order chi connectivity index (χ0) is 21.5. The van der Waals surface area contributed by atoms with E-state index in [1.807, 2.05) is 64.3 Å². The Kier molecular flexibility index (Phi) is 6.74. The van der Waals surface area contributed by atoms with Crippen LogP contribution in [-0.2, 0) is 11.4 Å². The molecule has 1 aromatic heterocycles. The lowest BCUT2D eigenvalue weighted by atomic mass is 10.0. The number of nitrogens with one attached hydrogen (secondary N) is 1. The maximum Gasteiger partial charge on any atom is 0.254 e. The van der Waals surface area contributed by atoms with Gasteiger partial charge in [0.05, 0.1) is 24.8 Å². The monoisotopic (exact) mass is 417 g/mol. The summed E-state index contributed by atoms with van der Waals surface area (Å²) in [5.41, 5.74) is 3.80. The third kappa shape index (κ3) is 5.19. The molecular formula is C24H27N5O2. The Morgan fingerprint density at radius 2 is 1.90 bits per heavy atom. The topological polar surface area (TPSA) is 71.8 Å². The molecule has 3 aromatic rings. The summed E-state index contributed by atoms with van der Waals surface area (Å²) in [6, 6.07) is 19.9. The highest BCUT2D eigenvalue weighted by Gasteiger charge is 2.33. The predicted molar refractivity (Wildman–Crippen MR) is 121 cm³/mol. The smallest absolute Gasteiger partial charge is 0.254 e. The van der Waals surface area contributed by atoms with Crippen molar-refractivity contribution in [3.63, 3.8) is 0 Å². The molecule has 7 nitrogen and oxygen atoms in total.